The number of ketones is 1. The van der Waals surface area contributed by atoms with Crippen LogP contribution >= 0.6 is 0 Å². The number of allylic oxidation sites excluding steroid dienone is 1. The van der Waals surface area contributed by atoms with Crippen molar-refractivity contribution in [2.75, 3.05) is 0 Å². The molecule has 4 heteroatoms. The first-order chi connectivity index (χ1) is 13.7. The van der Waals surface area contributed by atoms with Crippen LogP contribution in [0, 0.1) is 39.9 Å². The van der Waals surface area contributed by atoms with E-state index in [4.69, 9.17) is 9.69 Å². The maximum atomic E-state index is 12.6. The summed E-state index contributed by atoms with van der Waals surface area (Å²) in [6.07, 6.45) is 13.6. The number of hydrogen-bond donors (Lipinski definition) is 0. The number of unbranched alkanes of at least 4 members (excludes halogenated alkanes) is 1. The average Bonchev–Trinajstić information content (AvgIpc) is 2.97. The van der Waals surface area contributed by atoms with Crippen molar-refractivity contribution in [1.82, 2.24) is 0 Å². The van der Waals surface area contributed by atoms with Crippen molar-refractivity contribution in [3.63, 3.8) is 0 Å². The Morgan fingerprint density at radius 3 is 2.66 bits per heavy atom. The first kappa shape index (κ1) is 21.3. The van der Waals surface area contributed by atoms with Crippen molar-refractivity contribution in [2.45, 2.75) is 103 Å². The summed E-state index contributed by atoms with van der Waals surface area (Å²) in [5, 5.41) is 8.82. The Hall–Kier alpha value is -0.923. The first-order valence-corrected chi connectivity index (χ1v) is 15.1. The Balaban J connectivity index is 1.46. The summed E-state index contributed by atoms with van der Waals surface area (Å²) in [7, 11) is -1.69. The van der Waals surface area contributed by atoms with Crippen LogP contribution in [0.3, 0.4) is 0 Å². The molecule has 6 atom stereocenters. The fraction of sp³-hybridized carbons (Fsp3) is 0.840. The molecular formula is C25H39NO2Si. The second-order valence-electron chi connectivity index (χ2n) is 11.4. The minimum atomic E-state index is -1.69. The van der Waals surface area contributed by atoms with E-state index in [-0.39, 0.29) is 5.41 Å². The maximum Gasteiger partial charge on any atom is 0.187 e. The minimum absolute atomic E-state index is 0.0256. The molecule has 29 heavy (non-hydrogen) atoms. The molecule has 0 aromatic heterocycles. The van der Waals surface area contributed by atoms with Crippen LogP contribution in [0.1, 0.15) is 78.1 Å². The predicted octanol–water partition coefficient (Wildman–Crippen LogP) is 6.41. The second-order valence-corrected chi connectivity index (χ2v) is 15.7. The zero-order chi connectivity index (χ0) is 20.9. The Labute approximate surface area is 178 Å². The Kier molecular flexibility index (Phi) is 5.62. The molecule has 4 aliphatic rings. The maximum absolute atomic E-state index is 12.6. The third kappa shape index (κ3) is 3.67. The number of Topliss-reactive ketones (excluding diaryl/α,β-unsaturated/α-hetero) is 1. The molecule has 0 heterocycles. The standard InChI is InChI=1S/C25H39NO2Si/c1-24-13-11-19(28-29(3,4)16-6-5-15-26)17-18(24)7-8-20-21-9-10-23(27)25(21,2)14-12-22(20)24/h7,19-22H,5-6,8-14,16-17H2,1-4H3. The lowest BCUT2D eigenvalue weighted by Gasteiger charge is -2.57. The summed E-state index contributed by atoms with van der Waals surface area (Å²) in [6, 6.07) is 3.36. The van der Waals surface area contributed by atoms with Gasteiger partial charge in [-0.25, -0.2) is 0 Å². The molecule has 4 rings (SSSR count). The van der Waals surface area contributed by atoms with Gasteiger partial charge in [0.05, 0.1) is 6.07 Å². The topological polar surface area (TPSA) is 50.1 Å². The monoisotopic (exact) mass is 413 g/mol. The van der Waals surface area contributed by atoms with Crippen LogP contribution in [0.25, 0.3) is 0 Å². The van der Waals surface area contributed by atoms with Crippen LogP contribution < -0.4 is 0 Å². The third-order valence-electron chi connectivity index (χ3n) is 9.32. The highest BCUT2D eigenvalue weighted by molar-refractivity contribution is 6.71. The molecule has 0 spiro atoms. The fourth-order valence-corrected chi connectivity index (χ4v) is 9.85. The fourth-order valence-electron chi connectivity index (χ4n) is 7.60. The van der Waals surface area contributed by atoms with Gasteiger partial charge in [0.1, 0.15) is 5.78 Å². The van der Waals surface area contributed by atoms with Gasteiger partial charge < -0.3 is 4.43 Å². The molecule has 0 aliphatic heterocycles. The molecule has 6 unspecified atom stereocenters. The highest BCUT2D eigenvalue weighted by atomic mass is 28.4. The van der Waals surface area contributed by atoms with E-state index in [0.29, 0.717) is 35.6 Å². The number of carbonyl (C=O) groups excluding carboxylic acids is 1. The smallest absolute Gasteiger partial charge is 0.187 e. The molecule has 0 N–H and O–H groups in total. The van der Waals surface area contributed by atoms with Gasteiger partial charge in [-0.2, -0.15) is 5.26 Å². The largest absolute Gasteiger partial charge is 0.414 e. The molecular weight excluding hydrogens is 374 g/mol. The lowest BCUT2D eigenvalue weighted by molar-refractivity contribution is -0.131. The van der Waals surface area contributed by atoms with Crippen molar-refractivity contribution in [3.05, 3.63) is 11.6 Å². The van der Waals surface area contributed by atoms with Gasteiger partial charge in [-0.05, 0) is 93.7 Å². The van der Waals surface area contributed by atoms with Crippen LogP contribution in [-0.4, -0.2) is 20.2 Å². The lowest BCUT2D eigenvalue weighted by Crippen LogP contribution is -2.51. The summed E-state index contributed by atoms with van der Waals surface area (Å²) >= 11 is 0. The van der Waals surface area contributed by atoms with E-state index in [2.05, 4.69) is 39.1 Å². The molecule has 3 fully saturated rings. The van der Waals surface area contributed by atoms with Crippen LogP contribution in [0.15, 0.2) is 11.6 Å². The van der Waals surface area contributed by atoms with Gasteiger partial charge in [0.15, 0.2) is 8.32 Å². The van der Waals surface area contributed by atoms with Gasteiger partial charge in [0, 0.05) is 24.4 Å². The van der Waals surface area contributed by atoms with Gasteiger partial charge in [-0.3, -0.25) is 4.79 Å². The number of carbonyl (C=O) groups is 1. The highest BCUT2D eigenvalue weighted by Gasteiger charge is 2.58. The van der Waals surface area contributed by atoms with Crippen molar-refractivity contribution in [2.24, 2.45) is 28.6 Å². The van der Waals surface area contributed by atoms with Gasteiger partial charge >= 0.3 is 0 Å². The van der Waals surface area contributed by atoms with E-state index in [1.54, 1.807) is 5.57 Å². The average molecular weight is 414 g/mol. The number of hydrogen-bond acceptors (Lipinski definition) is 3. The summed E-state index contributed by atoms with van der Waals surface area (Å²) in [5.74, 6) is 2.63. The SMILES string of the molecule is CC12CCC3C(CC=C4CC(O[Si](C)(C)CCCC#N)CCC43C)C1CCC2=O. The van der Waals surface area contributed by atoms with E-state index >= 15 is 0 Å². The molecule has 160 valence electrons. The zero-order valence-corrected chi connectivity index (χ0v) is 19.9. The van der Waals surface area contributed by atoms with E-state index < -0.39 is 8.32 Å². The van der Waals surface area contributed by atoms with E-state index in [1.807, 2.05) is 0 Å². The van der Waals surface area contributed by atoms with Crippen molar-refractivity contribution in [3.8, 4) is 6.07 Å². The van der Waals surface area contributed by atoms with E-state index in [1.165, 1.54) is 25.7 Å². The molecule has 4 aliphatic carbocycles. The third-order valence-corrected chi connectivity index (χ3v) is 11.8. The zero-order valence-electron chi connectivity index (χ0n) is 18.9. The molecule has 0 saturated heterocycles. The van der Waals surface area contributed by atoms with Crippen LogP contribution in [0.5, 0.6) is 0 Å². The highest BCUT2D eigenvalue weighted by Crippen LogP contribution is 2.64. The summed E-state index contributed by atoms with van der Waals surface area (Å²) < 4.78 is 6.70. The second kappa shape index (κ2) is 7.64. The molecule has 3 nitrogen and oxygen atoms in total. The molecule has 0 amide bonds. The molecule has 0 radical (unpaired) electrons. The Morgan fingerprint density at radius 2 is 1.90 bits per heavy atom. The molecule has 0 aromatic rings. The van der Waals surface area contributed by atoms with Crippen molar-refractivity contribution in [1.29, 1.82) is 5.26 Å². The number of rotatable bonds is 5. The van der Waals surface area contributed by atoms with Crippen LogP contribution in [-0.2, 0) is 9.22 Å². The Morgan fingerprint density at radius 1 is 1.17 bits per heavy atom. The summed E-state index contributed by atoms with van der Waals surface area (Å²) in [6.45, 7) is 9.44. The minimum Gasteiger partial charge on any atom is -0.414 e. The first-order valence-electron chi connectivity index (χ1n) is 12.0. The van der Waals surface area contributed by atoms with Gasteiger partial charge in [-0.1, -0.05) is 25.5 Å². The Bertz CT molecular complexity index is 738. The van der Waals surface area contributed by atoms with E-state index in [0.717, 1.165) is 44.1 Å². The molecule has 0 bridgehead atoms. The number of nitriles is 1. The lowest BCUT2D eigenvalue weighted by atomic mass is 9.48. The van der Waals surface area contributed by atoms with Gasteiger partial charge in [0.2, 0.25) is 0 Å². The van der Waals surface area contributed by atoms with Crippen LogP contribution in [0.2, 0.25) is 19.1 Å². The van der Waals surface area contributed by atoms with Gasteiger partial charge in [-0.15, -0.1) is 0 Å². The summed E-state index contributed by atoms with van der Waals surface area (Å²) in [4.78, 5) is 12.6. The number of nitrogens with zero attached hydrogens (tertiary/aromatic N) is 1. The number of fused-ring (bicyclic) bond motifs is 5. The van der Waals surface area contributed by atoms with Crippen LogP contribution in [0.4, 0.5) is 0 Å². The van der Waals surface area contributed by atoms with Crippen molar-refractivity contribution >= 4 is 14.1 Å². The van der Waals surface area contributed by atoms with Crippen molar-refractivity contribution < 1.29 is 9.22 Å². The van der Waals surface area contributed by atoms with Gasteiger partial charge in [0.25, 0.3) is 0 Å². The molecule has 0 aromatic carbocycles. The normalized spacial score (nSPS) is 41.8. The summed E-state index contributed by atoms with van der Waals surface area (Å²) in [5.41, 5.74) is 1.95. The van der Waals surface area contributed by atoms with E-state index in [9.17, 15) is 4.79 Å². The molecule has 3 saturated carbocycles. The quantitative estimate of drug-likeness (QED) is 0.297. The predicted molar refractivity (Wildman–Crippen MR) is 119 cm³/mol.